The molecule has 0 aliphatic rings. The molecule has 0 amide bonds. The van der Waals surface area contributed by atoms with Crippen molar-refractivity contribution >= 4 is 33.7 Å². The highest BCUT2D eigenvalue weighted by molar-refractivity contribution is 9.10. The van der Waals surface area contributed by atoms with Crippen LogP contribution >= 0.6 is 27.7 Å². The van der Waals surface area contributed by atoms with Crippen LogP contribution in [0.25, 0.3) is 0 Å². The summed E-state index contributed by atoms with van der Waals surface area (Å²) in [5, 5.41) is 8.99. The van der Waals surface area contributed by atoms with Gasteiger partial charge in [0.1, 0.15) is 0 Å². The van der Waals surface area contributed by atoms with Gasteiger partial charge in [0.15, 0.2) is 5.09 Å². The van der Waals surface area contributed by atoms with Gasteiger partial charge in [0.2, 0.25) is 5.76 Å². The van der Waals surface area contributed by atoms with Crippen LogP contribution in [0.15, 0.2) is 49.2 Å². The number of benzene rings is 1. The first-order chi connectivity index (χ1) is 9.27. The fourth-order valence-corrected chi connectivity index (χ4v) is 2.76. The number of carbonyl (C=O) groups is 1. The number of carboxylic acids is 1. The normalized spacial score (nSPS) is 11.6. The molecule has 2 rings (SSSR count). The van der Waals surface area contributed by atoms with Gasteiger partial charge in [-0.3, -0.25) is 0 Å². The quantitative estimate of drug-likeness (QED) is 0.838. The van der Waals surface area contributed by atoms with Crippen molar-refractivity contribution in [1.29, 1.82) is 0 Å². The Kier molecular flexibility index (Phi) is 4.14. The zero-order valence-corrected chi connectivity index (χ0v) is 12.0. The second kappa shape index (κ2) is 5.53. The van der Waals surface area contributed by atoms with Crippen LogP contribution in [0.4, 0.5) is 13.2 Å². The monoisotopic (exact) mass is 366 g/mol. The standard InChI is InChI=1S/C12H6BrF3O3S/c13-7-5-6(12(14,15)16)1-3-9(7)20-10-4-2-8(19-10)11(17)18/h1-5H,(H,17,18). The third-order valence-electron chi connectivity index (χ3n) is 2.26. The summed E-state index contributed by atoms with van der Waals surface area (Å²) in [5.74, 6) is -1.43. The fraction of sp³-hybridized carbons (Fsp3) is 0.0833. The summed E-state index contributed by atoms with van der Waals surface area (Å²) in [7, 11) is 0. The molecule has 0 unspecified atom stereocenters. The van der Waals surface area contributed by atoms with E-state index in [1.807, 2.05) is 0 Å². The third kappa shape index (κ3) is 3.37. The van der Waals surface area contributed by atoms with Gasteiger partial charge in [-0.2, -0.15) is 13.2 Å². The molecule has 0 bridgehead atoms. The number of alkyl halides is 3. The highest BCUT2D eigenvalue weighted by atomic mass is 79.9. The molecular weight excluding hydrogens is 361 g/mol. The van der Waals surface area contributed by atoms with Gasteiger partial charge < -0.3 is 9.52 Å². The van der Waals surface area contributed by atoms with Crippen LogP contribution in [0.5, 0.6) is 0 Å². The Balaban J connectivity index is 2.23. The summed E-state index contributed by atoms with van der Waals surface area (Å²) >= 11 is 4.08. The summed E-state index contributed by atoms with van der Waals surface area (Å²) in [6, 6.07) is 5.93. The molecule has 0 fully saturated rings. The molecular formula is C12H6BrF3O3S. The van der Waals surface area contributed by atoms with E-state index in [2.05, 4.69) is 15.9 Å². The molecule has 2 aromatic rings. The van der Waals surface area contributed by atoms with Crippen molar-refractivity contribution < 1.29 is 27.5 Å². The fourth-order valence-electron chi connectivity index (χ4n) is 1.36. The average Bonchev–Trinajstić information content (AvgIpc) is 2.79. The Morgan fingerprint density at radius 2 is 1.95 bits per heavy atom. The highest BCUT2D eigenvalue weighted by Gasteiger charge is 2.30. The predicted molar refractivity (Wildman–Crippen MR) is 68.9 cm³/mol. The molecule has 1 N–H and O–H groups in total. The van der Waals surface area contributed by atoms with Gasteiger partial charge in [-0.25, -0.2) is 4.79 Å². The topological polar surface area (TPSA) is 50.4 Å². The van der Waals surface area contributed by atoms with E-state index in [0.29, 0.717) is 4.90 Å². The number of carboxylic acid groups (broad SMARTS) is 1. The SMILES string of the molecule is O=C(O)c1ccc(Sc2ccc(C(F)(F)F)cc2Br)o1. The van der Waals surface area contributed by atoms with E-state index in [0.717, 1.165) is 23.9 Å². The predicted octanol–water partition coefficient (Wildman–Crippen LogP) is 4.91. The smallest absolute Gasteiger partial charge is 0.416 e. The lowest BCUT2D eigenvalue weighted by molar-refractivity contribution is -0.137. The largest absolute Gasteiger partial charge is 0.475 e. The van der Waals surface area contributed by atoms with Crippen LogP contribution in [0.1, 0.15) is 16.1 Å². The van der Waals surface area contributed by atoms with Crippen molar-refractivity contribution in [1.82, 2.24) is 0 Å². The van der Waals surface area contributed by atoms with Crippen LogP contribution in [-0.4, -0.2) is 11.1 Å². The molecule has 0 saturated heterocycles. The van der Waals surface area contributed by atoms with E-state index in [4.69, 9.17) is 9.52 Å². The molecule has 1 aromatic heterocycles. The Hall–Kier alpha value is -1.41. The minimum atomic E-state index is -4.41. The minimum absolute atomic E-state index is 0.226. The van der Waals surface area contributed by atoms with Crippen LogP contribution in [0, 0.1) is 0 Å². The van der Waals surface area contributed by atoms with E-state index in [1.54, 1.807) is 0 Å². The van der Waals surface area contributed by atoms with Crippen LogP contribution < -0.4 is 0 Å². The van der Waals surface area contributed by atoms with Gasteiger partial charge in [0, 0.05) is 9.37 Å². The maximum Gasteiger partial charge on any atom is 0.416 e. The van der Waals surface area contributed by atoms with Gasteiger partial charge in [-0.1, -0.05) is 11.8 Å². The van der Waals surface area contributed by atoms with Crippen molar-refractivity contribution in [2.45, 2.75) is 16.2 Å². The maximum absolute atomic E-state index is 12.5. The van der Waals surface area contributed by atoms with E-state index in [-0.39, 0.29) is 15.3 Å². The molecule has 106 valence electrons. The molecule has 1 heterocycles. The van der Waals surface area contributed by atoms with Gasteiger partial charge >= 0.3 is 12.1 Å². The highest BCUT2D eigenvalue weighted by Crippen LogP contribution is 2.38. The van der Waals surface area contributed by atoms with Crippen molar-refractivity contribution in [2.75, 3.05) is 0 Å². The van der Waals surface area contributed by atoms with Gasteiger partial charge in [-0.05, 0) is 46.3 Å². The summed E-state index contributed by atoms with van der Waals surface area (Å²) < 4.78 is 42.8. The summed E-state index contributed by atoms with van der Waals surface area (Å²) in [5.41, 5.74) is -0.764. The molecule has 20 heavy (non-hydrogen) atoms. The first-order valence-electron chi connectivity index (χ1n) is 5.15. The summed E-state index contributed by atoms with van der Waals surface area (Å²) in [6.07, 6.45) is -4.41. The number of aromatic carboxylic acids is 1. The molecule has 8 heteroatoms. The first kappa shape index (κ1) is 15.0. The average molecular weight is 367 g/mol. The number of halogens is 4. The Bertz CT molecular complexity index is 652. The summed E-state index contributed by atoms with van der Waals surface area (Å²) in [6.45, 7) is 0. The number of rotatable bonds is 3. The van der Waals surface area contributed by atoms with Gasteiger partial charge in [0.25, 0.3) is 0 Å². The molecule has 0 saturated carbocycles. The lowest BCUT2D eigenvalue weighted by Crippen LogP contribution is -2.04. The van der Waals surface area contributed by atoms with Gasteiger partial charge in [0.05, 0.1) is 5.56 Å². The second-order valence-electron chi connectivity index (χ2n) is 3.67. The summed E-state index contributed by atoms with van der Waals surface area (Å²) in [4.78, 5) is 11.1. The number of furan rings is 1. The molecule has 1 aromatic carbocycles. The second-order valence-corrected chi connectivity index (χ2v) is 5.57. The molecule has 0 radical (unpaired) electrons. The Morgan fingerprint density at radius 1 is 1.25 bits per heavy atom. The zero-order chi connectivity index (χ0) is 14.9. The molecule has 0 aliphatic carbocycles. The van der Waals surface area contributed by atoms with Crippen molar-refractivity contribution in [2.24, 2.45) is 0 Å². The van der Waals surface area contributed by atoms with E-state index >= 15 is 0 Å². The first-order valence-corrected chi connectivity index (χ1v) is 6.76. The molecule has 3 nitrogen and oxygen atoms in total. The Morgan fingerprint density at radius 3 is 2.45 bits per heavy atom. The molecule has 0 aliphatic heterocycles. The zero-order valence-electron chi connectivity index (χ0n) is 9.57. The van der Waals surface area contributed by atoms with Crippen molar-refractivity contribution in [3.05, 3.63) is 46.1 Å². The maximum atomic E-state index is 12.5. The third-order valence-corrected chi connectivity index (χ3v) is 4.18. The van der Waals surface area contributed by atoms with E-state index in [1.165, 1.54) is 18.2 Å². The van der Waals surface area contributed by atoms with Crippen LogP contribution in [0.3, 0.4) is 0 Å². The van der Waals surface area contributed by atoms with Crippen molar-refractivity contribution in [3.63, 3.8) is 0 Å². The minimum Gasteiger partial charge on any atom is -0.475 e. The van der Waals surface area contributed by atoms with Crippen LogP contribution in [-0.2, 0) is 6.18 Å². The van der Waals surface area contributed by atoms with E-state index in [9.17, 15) is 18.0 Å². The molecule has 0 atom stereocenters. The molecule has 0 spiro atoms. The Labute approximate surface area is 123 Å². The van der Waals surface area contributed by atoms with Gasteiger partial charge in [-0.15, -0.1) is 0 Å². The number of hydrogen-bond acceptors (Lipinski definition) is 3. The van der Waals surface area contributed by atoms with E-state index < -0.39 is 17.7 Å². The van der Waals surface area contributed by atoms with Crippen LogP contribution in [0.2, 0.25) is 0 Å². The lowest BCUT2D eigenvalue weighted by atomic mass is 10.2. The van der Waals surface area contributed by atoms with Crippen molar-refractivity contribution in [3.8, 4) is 0 Å². The lowest BCUT2D eigenvalue weighted by Gasteiger charge is -2.08. The number of hydrogen-bond donors (Lipinski definition) is 1.